The first-order valence-corrected chi connectivity index (χ1v) is 12.7. The monoisotopic (exact) mass is 478 g/mol. The molecule has 0 saturated carbocycles. The largest absolute Gasteiger partial charge is 0.489 e. The topological polar surface area (TPSA) is 76.6 Å². The van der Waals surface area contributed by atoms with E-state index in [9.17, 15) is 9.18 Å². The number of hydrogen-bond donors (Lipinski definition) is 1. The van der Waals surface area contributed by atoms with Crippen molar-refractivity contribution in [3.63, 3.8) is 0 Å². The Bertz CT molecular complexity index is 994. The molecule has 2 fully saturated rings. The van der Waals surface area contributed by atoms with Gasteiger partial charge in [0.25, 0.3) is 11.1 Å². The van der Waals surface area contributed by atoms with E-state index in [0.717, 1.165) is 24.2 Å². The van der Waals surface area contributed by atoms with E-state index >= 15 is 0 Å². The summed E-state index contributed by atoms with van der Waals surface area (Å²) in [5.74, 6) is 0.523. The number of carbonyl (C=O) groups is 1. The molecule has 0 spiro atoms. The molecule has 1 aromatic heterocycles. The second-order valence-electron chi connectivity index (χ2n) is 8.06. The number of halogens is 1. The van der Waals surface area contributed by atoms with Crippen LogP contribution in [0, 0.1) is 5.82 Å². The van der Waals surface area contributed by atoms with Gasteiger partial charge < -0.3 is 19.7 Å². The van der Waals surface area contributed by atoms with Gasteiger partial charge in [-0.05, 0) is 37.3 Å². The van der Waals surface area contributed by atoms with E-state index in [-0.39, 0.29) is 46.1 Å². The molecule has 10 heteroatoms. The number of ether oxygens (including phenoxy) is 2. The average molecular weight is 479 g/mol. The Kier molecular flexibility index (Phi) is 6.99. The molecule has 2 unspecified atom stereocenters. The van der Waals surface area contributed by atoms with Crippen molar-refractivity contribution in [3.05, 3.63) is 30.3 Å². The Morgan fingerprint density at radius 1 is 1.31 bits per heavy atom. The highest BCUT2D eigenvalue weighted by Crippen LogP contribution is 2.43. The van der Waals surface area contributed by atoms with Crippen LogP contribution in [-0.2, 0) is 0 Å². The number of benzene rings is 1. The number of amides is 1. The minimum absolute atomic E-state index is 0.0198. The molecule has 7 nitrogen and oxygen atoms in total. The van der Waals surface area contributed by atoms with Crippen molar-refractivity contribution in [3.8, 4) is 11.6 Å². The van der Waals surface area contributed by atoms with E-state index < -0.39 is 0 Å². The van der Waals surface area contributed by atoms with Gasteiger partial charge in [-0.3, -0.25) is 4.79 Å². The van der Waals surface area contributed by atoms with Gasteiger partial charge in [-0.15, -0.1) is 11.8 Å². The van der Waals surface area contributed by atoms with Crippen molar-refractivity contribution >= 4 is 40.3 Å². The van der Waals surface area contributed by atoms with E-state index in [1.165, 1.54) is 43.0 Å². The highest BCUT2D eigenvalue weighted by Gasteiger charge is 2.50. The third-order valence-electron chi connectivity index (χ3n) is 5.69. The lowest BCUT2D eigenvalue weighted by Gasteiger charge is -2.25. The molecule has 2 bridgehead atoms. The number of anilines is 2. The first kappa shape index (κ1) is 23.0. The number of fused-ring (bicyclic) bond motifs is 2. The van der Waals surface area contributed by atoms with E-state index in [0.29, 0.717) is 11.6 Å². The Balaban J connectivity index is 1.52. The average Bonchev–Trinajstić information content (AvgIpc) is 3.33. The third-order valence-corrected chi connectivity index (χ3v) is 7.30. The second kappa shape index (κ2) is 9.74. The van der Waals surface area contributed by atoms with Crippen LogP contribution >= 0.6 is 23.5 Å². The lowest BCUT2D eigenvalue weighted by Crippen LogP contribution is -2.37. The smallest absolute Gasteiger partial charge is 0.282 e. The number of rotatable bonds is 7. The van der Waals surface area contributed by atoms with Crippen molar-refractivity contribution < 1.29 is 18.7 Å². The molecule has 2 saturated heterocycles. The number of aromatic nitrogens is 2. The van der Waals surface area contributed by atoms with Crippen LogP contribution < -0.4 is 14.8 Å². The number of hydrogen-bond acceptors (Lipinski definition) is 8. The summed E-state index contributed by atoms with van der Waals surface area (Å²) in [5, 5.41) is 3.33. The van der Waals surface area contributed by atoms with E-state index in [2.05, 4.69) is 15.3 Å². The van der Waals surface area contributed by atoms with Crippen LogP contribution in [-0.4, -0.2) is 56.9 Å². The molecular weight excluding hydrogens is 451 g/mol. The molecule has 2 aromatic rings. The van der Waals surface area contributed by atoms with Crippen LogP contribution in [0.2, 0.25) is 0 Å². The van der Waals surface area contributed by atoms with Crippen molar-refractivity contribution in [2.45, 2.75) is 61.4 Å². The molecule has 0 aliphatic carbocycles. The van der Waals surface area contributed by atoms with E-state index in [4.69, 9.17) is 9.47 Å². The number of nitrogens with zero attached hydrogens (tertiary/aromatic N) is 3. The number of methoxy groups -OCH3 is 1. The van der Waals surface area contributed by atoms with Gasteiger partial charge in [-0.25, -0.2) is 9.37 Å². The van der Waals surface area contributed by atoms with Crippen LogP contribution in [0.4, 0.5) is 20.7 Å². The zero-order chi connectivity index (χ0) is 22.8. The summed E-state index contributed by atoms with van der Waals surface area (Å²) in [5.41, 5.74) is 0.285. The molecule has 0 radical (unpaired) electrons. The molecule has 1 N–H and O–H groups in total. The van der Waals surface area contributed by atoms with Crippen LogP contribution in [0.15, 0.2) is 29.4 Å². The molecule has 1 amide bonds. The second-order valence-corrected chi connectivity index (χ2v) is 10.5. The van der Waals surface area contributed by atoms with Gasteiger partial charge >= 0.3 is 0 Å². The van der Waals surface area contributed by atoms with Gasteiger partial charge in [0, 0.05) is 22.6 Å². The maximum Gasteiger partial charge on any atom is 0.282 e. The van der Waals surface area contributed by atoms with Gasteiger partial charge in [-0.1, -0.05) is 25.6 Å². The molecule has 2 aliphatic rings. The summed E-state index contributed by atoms with van der Waals surface area (Å²) in [7, 11) is 1.50. The number of thioether (sulfide) groups is 2. The predicted octanol–water partition coefficient (Wildman–Crippen LogP) is 5.34. The molecule has 1 aromatic carbocycles. The summed E-state index contributed by atoms with van der Waals surface area (Å²) in [6, 6.07) is 5.17. The standard InChI is InChI=1S/C22H27FN4O3S2/c1-12(2)32-22(28)27-13-5-8-17(27)18(9-13)30-21-19(29-3)20(24-11-25-21)26-16-7-6-14(31-4)10-15(16)23/h6-7,10-13,17-18H,5,8-9H2,1-4H3,(H,24,25,26)/t13?,17?,18-/m0/s1. The quantitative estimate of drug-likeness (QED) is 0.535. The molecular formula is C22H27FN4O3S2. The van der Waals surface area contributed by atoms with Crippen molar-refractivity contribution in [1.82, 2.24) is 14.9 Å². The fourth-order valence-electron chi connectivity index (χ4n) is 4.32. The molecule has 3 atom stereocenters. The minimum atomic E-state index is -0.384. The fourth-order valence-corrected chi connectivity index (χ4v) is 5.55. The Labute approximate surface area is 195 Å². The normalized spacial score (nSPS) is 21.8. The highest BCUT2D eigenvalue weighted by molar-refractivity contribution is 8.14. The molecule has 32 heavy (non-hydrogen) atoms. The third kappa shape index (κ3) is 4.61. The van der Waals surface area contributed by atoms with Gasteiger partial charge in [-0.2, -0.15) is 4.98 Å². The summed E-state index contributed by atoms with van der Waals surface area (Å²) in [4.78, 5) is 24.0. The summed E-state index contributed by atoms with van der Waals surface area (Å²) in [6.07, 6.45) is 5.75. The number of carbonyl (C=O) groups excluding carboxylic acids is 1. The van der Waals surface area contributed by atoms with Crippen LogP contribution in [0.5, 0.6) is 11.6 Å². The Morgan fingerprint density at radius 3 is 2.81 bits per heavy atom. The first-order valence-electron chi connectivity index (χ1n) is 10.6. The van der Waals surface area contributed by atoms with Gasteiger partial charge in [0.2, 0.25) is 5.75 Å². The summed E-state index contributed by atoms with van der Waals surface area (Å²) < 4.78 is 26.2. The fraction of sp³-hybridized carbons (Fsp3) is 0.500. The molecule has 2 aliphatic heterocycles. The zero-order valence-corrected chi connectivity index (χ0v) is 20.1. The van der Waals surface area contributed by atoms with Crippen LogP contribution in [0.25, 0.3) is 0 Å². The zero-order valence-electron chi connectivity index (χ0n) is 18.5. The first-order chi connectivity index (χ1) is 15.4. The molecule has 172 valence electrons. The van der Waals surface area contributed by atoms with Gasteiger partial charge in [0.15, 0.2) is 5.82 Å². The molecule has 3 heterocycles. The maximum absolute atomic E-state index is 14.5. The van der Waals surface area contributed by atoms with Gasteiger partial charge in [0.05, 0.1) is 18.8 Å². The van der Waals surface area contributed by atoms with E-state index in [1.54, 1.807) is 6.07 Å². The SMILES string of the molecule is COc1c(Nc2ccc(SC)cc2F)ncnc1O[C@H]1CC2CCC1N2C(=O)SC(C)C. The van der Waals surface area contributed by atoms with Crippen LogP contribution in [0.1, 0.15) is 33.1 Å². The maximum atomic E-state index is 14.5. The Morgan fingerprint density at radius 2 is 2.12 bits per heavy atom. The summed E-state index contributed by atoms with van der Waals surface area (Å²) >= 11 is 2.83. The minimum Gasteiger partial charge on any atom is -0.489 e. The van der Waals surface area contributed by atoms with E-state index in [1.807, 2.05) is 31.1 Å². The predicted molar refractivity (Wildman–Crippen MR) is 126 cm³/mol. The van der Waals surface area contributed by atoms with Gasteiger partial charge in [0.1, 0.15) is 18.2 Å². The van der Waals surface area contributed by atoms with Crippen LogP contribution in [0.3, 0.4) is 0 Å². The Hall–Kier alpha value is -2.20. The summed E-state index contributed by atoms with van der Waals surface area (Å²) in [6.45, 7) is 4.04. The van der Waals surface area contributed by atoms with Crippen molar-refractivity contribution in [2.24, 2.45) is 0 Å². The lowest BCUT2D eigenvalue weighted by molar-refractivity contribution is 0.141. The lowest BCUT2D eigenvalue weighted by atomic mass is 9.98. The number of nitrogens with one attached hydrogen (secondary N) is 1. The van der Waals surface area contributed by atoms with Crippen molar-refractivity contribution in [1.29, 1.82) is 0 Å². The molecule has 4 rings (SSSR count). The highest BCUT2D eigenvalue weighted by atomic mass is 32.2. The van der Waals surface area contributed by atoms with Crippen molar-refractivity contribution in [2.75, 3.05) is 18.7 Å².